The Morgan fingerprint density at radius 3 is 2.67 bits per heavy atom. The Hall–Kier alpha value is -0.930. The zero-order valence-corrected chi connectivity index (χ0v) is 12.4. The van der Waals surface area contributed by atoms with Crippen LogP contribution in [0.25, 0.3) is 0 Å². The minimum Gasteiger partial charge on any atom is -0.313 e. The average molecular weight is 249 g/mol. The van der Waals surface area contributed by atoms with Gasteiger partial charge in [-0.1, -0.05) is 13.0 Å². The molecule has 0 radical (unpaired) electrons. The molecule has 1 heterocycles. The number of hydrogen-bond donors (Lipinski definition) is 1. The average Bonchev–Trinajstić information content (AvgIpc) is 2.35. The molecule has 0 spiro atoms. The zero-order valence-electron chi connectivity index (χ0n) is 12.4. The molecule has 0 saturated heterocycles. The fourth-order valence-corrected chi connectivity index (χ4v) is 2.01. The summed E-state index contributed by atoms with van der Waals surface area (Å²) >= 11 is 0. The van der Waals surface area contributed by atoms with Gasteiger partial charge in [0.15, 0.2) is 0 Å². The highest BCUT2D eigenvalue weighted by atomic mass is 15.2. The fourth-order valence-electron chi connectivity index (χ4n) is 2.01. The summed E-state index contributed by atoms with van der Waals surface area (Å²) in [5.74, 6) is 0. The largest absolute Gasteiger partial charge is 0.313 e. The first-order valence-corrected chi connectivity index (χ1v) is 6.90. The Bertz CT molecular complexity index is 351. The summed E-state index contributed by atoms with van der Waals surface area (Å²) in [5, 5.41) is 3.55. The van der Waals surface area contributed by atoms with E-state index < -0.39 is 0 Å². The summed E-state index contributed by atoms with van der Waals surface area (Å²) in [4.78, 5) is 6.91. The van der Waals surface area contributed by atoms with Crippen molar-refractivity contribution in [3.63, 3.8) is 0 Å². The van der Waals surface area contributed by atoms with Crippen LogP contribution in [-0.2, 0) is 6.54 Å². The summed E-state index contributed by atoms with van der Waals surface area (Å²) in [5.41, 5.74) is 2.23. The van der Waals surface area contributed by atoms with E-state index in [0.717, 1.165) is 24.5 Å². The molecule has 102 valence electrons. The lowest BCUT2D eigenvalue weighted by Gasteiger charge is -2.30. The minimum atomic E-state index is 0.499. The van der Waals surface area contributed by atoms with Crippen LogP contribution in [0.2, 0.25) is 0 Å². The molecular formula is C15H27N3. The van der Waals surface area contributed by atoms with Crippen LogP contribution in [0.15, 0.2) is 18.2 Å². The topological polar surface area (TPSA) is 28.2 Å². The van der Waals surface area contributed by atoms with Gasteiger partial charge in [0.1, 0.15) is 0 Å². The SMILES string of the molecule is CCCNC(C)C(C)N(C)Cc1cccc(C)n1. The first kappa shape index (κ1) is 15.1. The van der Waals surface area contributed by atoms with Gasteiger partial charge in [-0.3, -0.25) is 9.88 Å². The van der Waals surface area contributed by atoms with Crippen LogP contribution in [0.5, 0.6) is 0 Å². The van der Waals surface area contributed by atoms with Gasteiger partial charge in [-0.2, -0.15) is 0 Å². The molecule has 2 atom stereocenters. The number of likely N-dealkylation sites (N-methyl/N-ethyl adjacent to an activating group) is 1. The van der Waals surface area contributed by atoms with Gasteiger partial charge in [-0.25, -0.2) is 0 Å². The predicted octanol–water partition coefficient (Wildman–Crippen LogP) is 2.60. The van der Waals surface area contributed by atoms with Gasteiger partial charge < -0.3 is 5.32 Å². The number of pyridine rings is 1. The molecule has 3 heteroatoms. The van der Waals surface area contributed by atoms with Crippen LogP contribution in [0.4, 0.5) is 0 Å². The Morgan fingerprint density at radius 1 is 1.33 bits per heavy atom. The number of nitrogens with one attached hydrogen (secondary N) is 1. The van der Waals surface area contributed by atoms with E-state index in [-0.39, 0.29) is 0 Å². The van der Waals surface area contributed by atoms with Gasteiger partial charge in [0.25, 0.3) is 0 Å². The number of aryl methyl sites for hydroxylation is 1. The van der Waals surface area contributed by atoms with Crippen LogP contribution < -0.4 is 5.32 Å². The maximum absolute atomic E-state index is 4.55. The molecule has 1 aromatic rings. The van der Waals surface area contributed by atoms with Gasteiger partial charge >= 0.3 is 0 Å². The summed E-state index contributed by atoms with van der Waals surface area (Å²) in [6.45, 7) is 10.7. The predicted molar refractivity (Wildman–Crippen MR) is 77.7 cm³/mol. The summed E-state index contributed by atoms with van der Waals surface area (Å²) in [6.07, 6.45) is 1.18. The lowest BCUT2D eigenvalue weighted by Crippen LogP contribution is -2.45. The van der Waals surface area contributed by atoms with Crippen molar-refractivity contribution in [1.82, 2.24) is 15.2 Å². The second-order valence-electron chi connectivity index (χ2n) is 5.17. The Kier molecular flexibility index (Phi) is 6.30. The molecule has 0 fully saturated rings. The quantitative estimate of drug-likeness (QED) is 0.805. The molecule has 1 rings (SSSR count). The van der Waals surface area contributed by atoms with Gasteiger partial charge in [0.2, 0.25) is 0 Å². The molecule has 2 unspecified atom stereocenters. The first-order chi connectivity index (χ1) is 8.54. The normalized spacial score (nSPS) is 14.8. The van der Waals surface area contributed by atoms with Crippen molar-refractivity contribution in [1.29, 1.82) is 0 Å². The maximum Gasteiger partial charge on any atom is 0.0547 e. The van der Waals surface area contributed by atoms with E-state index in [1.165, 1.54) is 6.42 Å². The van der Waals surface area contributed by atoms with E-state index in [9.17, 15) is 0 Å². The first-order valence-electron chi connectivity index (χ1n) is 6.90. The standard InChI is InChI=1S/C15H27N3/c1-6-10-16-13(3)14(4)18(5)11-15-9-7-8-12(2)17-15/h7-9,13-14,16H,6,10-11H2,1-5H3. The van der Waals surface area contributed by atoms with Crippen molar-refractivity contribution in [2.24, 2.45) is 0 Å². The van der Waals surface area contributed by atoms with Crippen LogP contribution in [0, 0.1) is 6.92 Å². The minimum absolute atomic E-state index is 0.499. The van der Waals surface area contributed by atoms with Crippen molar-refractivity contribution in [3.8, 4) is 0 Å². The number of nitrogens with zero attached hydrogens (tertiary/aromatic N) is 2. The molecule has 0 amide bonds. The summed E-state index contributed by atoms with van der Waals surface area (Å²) in [6, 6.07) is 7.21. The highest BCUT2D eigenvalue weighted by Crippen LogP contribution is 2.07. The third kappa shape index (κ3) is 4.75. The number of hydrogen-bond acceptors (Lipinski definition) is 3. The van der Waals surface area contributed by atoms with Crippen LogP contribution >= 0.6 is 0 Å². The smallest absolute Gasteiger partial charge is 0.0547 e. The maximum atomic E-state index is 4.55. The third-order valence-corrected chi connectivity index (χ3v) is 3.49. The molecule has 0 saturated carbocycles. The van der Waals surface area contributed by atoms with Crippen molar-refractivity contribution in [2.75, 3.05) is 13.6 Å². The van der Waals surface area contributed by atoms with Crippen molar-refractivity contribution >= 4 is 0 Å². The highest BCUT2D eigenvalue weighted by molar-refractivity contribution is 5.09. The second-order valence-corrected chi connectivity index (χ2v) is 5.17. The second kappa shape index (κ2) is 7.49. The molecule has 0 aromatic carbocycles. The molecule has 0 aliphatic rings. The summed E-state index contributed by atoms with van der Waals surface area (Å²) < 4.78 is 0. The zero-order chi connectivity index (χ0) is 13.5. The van der Waals surface area contributed by atoms with Gasteiger partial charge in [0.05, 0.1) is 5.69 Å². The van der Waals surface area contributed by atoms with Crippen molar-refractivity contribution in [2.45, 2.75) is 52.7 Å². The number of aromatic nitrogens is 1. The Balaban J connectivity index is 2.51. The molecule has 3 nitrogen and oxygen atoms in total. The van der Waals surface area contributed by atoms with Crippen LogP contribution in [0.1, 0.15) is 38.6 Å². The lowest BCUT2D eigenvalue weighted by atomic mass is 10.1. The van der Waals surface area contributed by atoms with E-state index in [1.54, 1.807) is 0 Å². The van der Waals surface area contributed by atoms with Crippen LogP contribution in [0.3, 0.4) is 0 Å². The lowest BCUT2D eigenvalue weighted by molar-refractivity contribution is 0.204. The number of rotatable bonds is 7. The molecule has 0 bridgehead atoms. The monoisotopic (exact) mass is 249 g/mol. The van der Waals surface area contributed by atoms with Gasteiger partial charge in [0, 0.05) is 24.3 Å². The van der Waals surface area contributed by atoms with Gasteiger partial charge in [-0.15, -0.1) is 0 Å². The Morgan fingerprint density at radius 2 is 2.06 bits per heavy atom. The molecule has 18 heavy (non-hydrogen) atoms. The molecular weight excluding hydrogens is 222 g/mol. The van der Waals surface area contributed by atoms with E-state index in [1.807, 2.05) is 13.0 Å². The van der Waals surface area contributed by atoms with Crippen molar-refractivity contribution in [3.05, 3.63) is 29.6 Å². The van der Waals surface area contributed by atoms with Gasteiger partial charge in [-0.05, 0) is 52.9 Å². The van der Waals surface area contributed by atoms with E-state index in [2.05, 4.69) is 55.2 Å². The molecule has 1 N–H and O–H groups in total. The third-order valence-electron chi connectivity index (χ3n) is 3.49. The van der Waals surface area contributed by atoms with Crippen LogP contribution in [-0.4, -0.2) is 35.6 Å². The molecule has 0 aliphatic carbocycles. The molecule has 1 aromatic heterocycles. The molecule has 0 aliphatic heterocycles. The highest BCUT2D eigenvalue weighted by Gasteiger charge is 2.16. The van der Waals surface area contributed by atoms with E-state index in [4.69, 9.17) is 0 Å². The Labute approximate surface area is 112 Å². The fraction of sp³-hybridized carbons (Fsp3) is 0.667. The van der Waals surface area contributed by atoms with E-state index in [0.29, 0.717) is 12.1 Å². The summed E-state index contributed by atoms with van der Waals surface area (Å²) in [7, 11) is 2.17. The van der Waals surface area contributed by atoms with E-state index >= 15 is 0 Å². The van der Waals surface area contributed by atoms with Crippen molar-refractivity contribution < 1.29 is 0 Å².